The zero-order chi connectivity index (χ0) is 11.4. The number of hydrogen-bond acceptors (Lipinski definition) is 3. The zero-order valence-electron chi connectivity index (χ0n) is 10.2. The highest BCUT2D eigenvalue weighted by Crippen LogP contribution is 2.50. The maximum absolute atomic E-state index is 2.71. The molecule has 2 nitrogen and oxygen atoms in total. The molecule has 4 rings (SSSR count). The molecule has 0 radical (unpaired) electrons. The van der Waals surface area contributed by atoms with E-state index in [0.717, 1.165) is 12.0 Å². The van der Waals surface area contributed by atoms with Crippen molar-refractivity contribution in [1.29, 1.82) is 0 Å². The third-order valence-corrected chi connectivity index (χ3v) is 5.51. The van der Waals surface area contributed by atoms with Gasteiger partial charge in [0.15, 0.2) is 0 Å². The van der Waals surface area contributed by atoms with Gasteiger partial charge in [-0.05, 0) is 31.6 Å². The molecule has 0 bridgehead atoms. The minimum Gasteiger partial charge on any atom is -0.366 e. The predicted octanol–water partition coefficient (Wildman–Crippen LogP) is 2.40. The maximum atomic E-state index is 2.71. The first kappa shape index (κ1) is 10.3. The van der Waals surface area contributed by atoms with Crippen LogP contribution < -0.4 is 4.90 Å². The van der Waals surface area contributed by atoms with Gasteiger partial charge in [0, 0.05) is 35.7 Å². The quantitative estimate of drug-likeness (QED) is 0.694. The summed E-state index contributed by atoms with van der Waals surface area (Å²) < 4.78 is 0. The smallest absolute Gasteiger partial charge is 0.0544 e. The van der Waals surface area contributed by atoms with Crippen LogP contribution in [-0.4, -0.2) is 43.4 Å². The molecular formula is C14H18N2S. The highest BCUT2D eigenvalue weighted by Gasteiger charge is 2.43. The summed E-state index contributed by atoms with van der Waals surface area (Å²) in [5.41, 5.74) is 3.19. The van der Waals surface area contributed by atoms with Gasteiger partial charge in [-0.2, -0.15) is 0 Å². The van der Waals surface area contributed by atoms with Crippen molar-refractivity contribution < 1.29 is 0 Å². The second-order valence-corrected chi connectivity index (χ2v) is 6.60. The van der Waals surface area contributed by atoms with E-state index in [9.17, 15) is 0 Å². The number of hydrogen-bond donors (Lipinski definition) is 0. The van der Waals surface area contributed by atoms with E-state index in [-0.39, 0.29) is 0 Å². The molecule has 3 heteroatoms. The van der Waals surface area contributed by atoms with Gasteiger partial charge in [0.25, 0.3) is 0 Å². The summed E-state index contributed by atoms with van der Waals surface area (Å²) in [5.74, 6) is 2.01. The van der Waals surface area contributed by atoms with Crippen molar-refractivity contribution in [3.63, 3.8) is 0 Å². The van der Waals surface area contributed by atoms with Crippen LogP contribution in [0.25, 0.3) is 0 Å². The first-order valence-electron chi connectivity index (χ1n) is 6.55. The summed E-state index contributed by atoms with van der Waals surface area (Å²) in [4.78, 5) is 6.72. The fourth-order valence-electron chi connectivity index (χ4n) is 3.74. The van der Waals surface area contributed by atoms with Crippen molar-refractivity contribution in [3.05, 3.63) is 23.8 Å². The molecule has 0 amide bonds. The molecule has 1 saturated heterocycles. The molecule has 1 aromatic carbocycles. The van der Waals surface area contributed by atoms with Crippen molar-refractivity contribution in [1.82, 2.24) is 4.90 Å². The van der Waals surface area contributed by atoms with Gasteiger partial charge in [0.05, 0.1) is 5.69 Å². The summed E-state index contributed by atoms with van der Waals surface area (Å²) in [7, 11) is 2.26. The van der Waals surface area contributed by atoms with Crippen LogP contribution >= 0.6 is 11.8 Å². The van der Waals surface area contributed by atoms with E-state index in [1.54, 1.807) is 11.3 Å². The van der Waals surface area contributed by atoms with E-state index in [1.165, 1.54) is 36.7 Å². The standard InChI is InChI=1S/C14H18N2S/c1-15-6-5-12-11(9-15)10-3-2-4-13-14(10)16(12)7-8-17-13/h2-4,11-12H,5-9H2,1H3. The van der Waals surface area contributed by atoms with Crippen LogP contribution in [0.2, 0.25) is 0 Å². The number of anilines is 1. The highest BCUT2D eigenvalue weighted by molar-refractivity contribution is 7.99. The molecule has 2 atom stereocenters. The molecule has 1 aromatic rings. The van der Waals surface area contributed by atoms with Crippen LogP contribution in [0, 0.1) is 0 Å². The normalized spacial score (nSPS) is 31.2. The summed E-state index contributed by atoms with van der Waals surface area (Å²) in [6.07, 6.45) is 1.33. The van der Waals surface area contributed by atoms with E-state index in [2.05, 4.69) is 35.0 Å². The molecule has 3 aliphatic rings. The number of rotatable bonds is 0. The molecule has 90 valence electrons. The SMILES string of the molecule is CN1CCC2C(C1)c1cccc3c1N2CCS3. The number of para-hydroxylation sites is 1. The molecule has 0 N–H and O–H groups in total. The van der Waals surface area contributed by atoms with Crippen molar-refractivity contribution in [3.8, 4) is 0 Å². The van der Waals surface area contributed by atoms with E-state index in [4.69, 9.17) is 0 Å². The topological polar surface area (TPSA) is 6.48 Å². The Hall–Kier alpha value is -0.670. The number of nitrogens with zero attached hydrogens (tertiary/aromatic N) is 2. The fraction of sp³-hybridized carbons (Fsp3) is 0.571. The van der Waals surface area contributed by atoms with Gasteiger partial charge in [0.1, 0.15) is 0 Å². The number of fused-ring (bicyclic) bond motifs is 3. The number of piperidine rings is 1. The largest absolute Gasteiger partial charge is 0.366 e. The van der Waals surface area contributed by atoms with Crippen LogP contribution in [0.1, 0.15) is 17.9 Å². The van der Waals surface area contributed by atoms with Crippen molar-refractivity contribution in [2.45, 2.75) is 23.3 Å². The fourth-order valence-corrected chi connectivity index (χ4v) is 4.80. The second-order valence-electron chi connectivity index (χ2n) is 5.46. The Kier molecular flexibility index (Phi) is 2.21. The third kappa shape index (κ3) is 1.39. The van der Waals surface area contributed by atoms with Gasteiger partial charge in [-0.25, -0.2) is 0 Å². The van der Waals surface area contributed by atoms with E-state index in [1.807, 2.05) is 11.8 Å². The summed E-state index contributed by atoms with van der Waals surface area (Å²) in [6, 6.07) is 7.70. The Balaban J connectivity index is 1.85. The Labute approximate surface area is 107 Å². The third-order valence-electron chi connectivity index (χ3n) is 4.49. The van der Waals surface area contributed by atoms with Crippen LogP contribution in [-0.2, 0) is 0 Å². The minimum absolute atomic E-state index is 0.752. The minimum atomic E-state index is 0.752. The highest BCUT2D eigenvalue weighted by atomic mass is 32.2. The van der Waals surface area contributed by atoms with Gasteiger partial charge in [-0.1, -0.05) is 12.1 Å². The number of benzene rings is 1. The van der Waals surface area contributed by atoms with E-state index >= 15 is 0 Å². The predicted molar refractivity (Wildman–Crippen MR) is 73.2 cm³/mol. The van der Waals surface area contributed by atoms with Crippen LogP contribution in [0.15, 0.2) is 23.1 Å². The molecule has 3 heterocycles. The molecule has 1 fully saturated rings. The molecule has 17 heavy (non-hydrogen) atoms. The Morgan fingerprint density at radius 2 is 2.24 bits per heavy atom. The molecule has 0 aliphatic carbocycles. The second kappa shape index (κ2) is 3.66. The summed E-state index contributed by atoms with van der Waals surface area (Å²) in [5, 5.41) is 0. The molecule has 0 spiro atoms. The molecule has 2 unspecified atom stereocenters. The van der Waals surface area contributed by atoms with Gasteiger partial charge in [0.2, 0.25) is 0 Å². The van der Waals surface area contributed by atoms with Gasteiger partial charge < -0.3 is 9.80 Å². The lowest BCUT2D eigenvalue weighted by atomic mass is 9.89. The number of likely N-dealkylation sites (N-methyl/N-ethyl adjacent to an activating group) is 1. The van der Waals surface area contributed by atoms with E-state index in [0.29, 0.717) is 0 Å². The lowest BCUT2D eigenvalue weighted by Gasteiger charge is -2.38. The monoisotopic (exact) mass is 246 g/mol. The number of likely N-dealkylation sites (tertiary alicyclic amines) is 1. The Bertz CT molecular complexity index is 460. The van der Waals surface area contributed by atoms with Gasteiger partial charge >= 0.3 is 0 Å². The van der Waals surface area contributed by atoms with Gasteiger partial charge in [-0.3, -0.25) is 0 Å². The first-order chi connectivity index (χ1) is 8.34. The molecular weight excluding hydrogens is 228 g/mol. The Morgan fingerprint density at radius 3 is 3.18 bits per heavy atom. The number of thioether (sulfide) groups is 1. The molecule has 3 aliphatic heterocycles. The van der Waals surface area contributed by atoms with Crippen molar-refractivity contribution >= 4 is 17.4 Å². The maximum Gasteiger partial charge on any atom is 0.0544 e. The van der Waals surface area contributed by atoms with Gasteiger partial charge in [-0.15, -0.1) is 11.8 Å². The van der Waals surface area contributed by atoms with Crippen molar-refractivity contribution in [2.75, 3.05) is 37.3 Å². The molecule has 0 aromatic heterocycles. The van der Waals surface area contributed by atoms with Crippen molar-refractivity contribution in [2.24, 2.45) is 0 Å². The van der Waals surface area contributed by atoms with Crippen LogP contribution in [0.4, 0.5) is 5.69 Å². The summed E-state index contributed by atoms with van der Waals surface area (Å²) >= 11 is 2.04. The molecule has 0 saturated carbocycles. The van der Waals surface area contributed by atoms with E-state index < -0.39 is 0 Å². The Morgan fingerprint density at radius 1 is 1.29 bits per heavy atom. The summed E-state index contributed by atoms with van der Waals surface area (Å²) in [6.45, 7) is 3.75. The lowest BCUT2D eigenvalue weighted by Crippen LogP contribution is -2.46. The van der Waals surface area contributed by atoms with Crippen LogP contribution in [0.5, 0.6) is 0 Å². The van der Waals surface area contributed by atoms with Crippen LogP contribution in [0.3, 0.4) is 0 Å². The average Bonchev–Trinajstić information content (AvgIpc) is 2.67. The zero-order valence-corrected chi connectivity index (χ0v) is 11.0. The first-order valence-corrected chi connectivity index (χ1v) is 7.54. The average molecular weight is 246 g/mol. The lowest BCUT2D eigenvalue weighted by molar-refractivity contribution is 0.232.